The maximum atomic E-state index is 5.54. The SMILES string of the molecule is C=C(C)N.CCCC(CN)CCC. The molecule has 13 heavy (non-hydrogen) atoms. The quantitative estimate of drug-likeness (QED) is 0.693. The Bertz CT molecular complexity index is 101. The Morgan fingerprint density at radius 1 is 1.23 bits per heavy atom. The van der Waals surface area contributed by atoms with E-state index >= 15 is 0 Å². The molecule has 0 spiro atoms. The van der Waals surface area contributed by atoms with Crippen molar-refractivity contribution in [2.24, 2.45) is 17.4 Å². The van der Waals surface area contributed by atoms with Gasteiger partial charge in [0.25, 0.3) is 0 Å². The summed E-state index contributed by atoms with van der Waals surface area (Å²) >= 11 is 0. The van der Waals surface area contributed by atoms with Gasteiger partial charge in [0.05, 0.1) is 0 Å². The van der Waals surface area contributed by atoms with Crippen LogP contribution >= 0.6 is 0 Å². The molecule has 0 bridgehead atoms. The first-order valence-electron chi connectivity index (χ1n) is 5.19. The number of allylic oxidation sites excluding steroid dienone is 1. The fourth-order valence-corrected chi connectivity index (χ4v) is 1.20. The predicted octanol–water partition coefficient (Wildman–Crippen LogP) is 2.64. The molecule has 0 aliphatic heterocycles. The molecule has 0 atom stereocenters. The van der Waals surface area contributed by atoms with Gasteiger partial charge in [0.1, 0.15) is 0 Å². The van der Waals surface area contributed by atoms with Crippen LogP contribution in [-0.2, 0) is 0 Å². The topological polar surface area (TPSA) is 52.0 Å². The van der Waals surface area contributed by atoms with E-state index in [9.17, 15) is 0 Å². The Morgan fingerprint density at radius 3 is 1.69 bits per heavy atom. The second-order valence-corrected chi connectivity index (χ2v) is 3.53. The van der Waals surface area contributed by atoms with E-state index < -0.39 is 0 Å². The summed E-state index contributed by atoms with van der Waals surface area (Å²) in [6.45, 7) is 10.4. The summed E-state index contributed by atoms with van der Waals surface area (Å²) in [4.78, 5) is 0. The lowest BCUT2D eigenvalue weighted by Gasteiger charge is -2.10. The molecule has 0 fully saturated rings. The van der Waals surface area contributed by atoms with Crippen molar-refractivity contribution < 1.29 is 0 Å². The van der Waals surface area contributed by atoms with E-state index in [1.54, 1.807) is 6.92 Å². The molecule has 0 aromatic carbocycles. The van der Waals surface area contributed by atoms with E-state index in [4.69, 9.17) is 11.5 Å². The molecule has 0 aliphatic carbocycles. The summed E-state index contributed by atoms with van der Waals surface area (Å²) < 4.78 is 0. The van der Waals surface area contributed by atoms with Gasteiger partial charge in [-0.25, -0.2) is 0 Å². The lowest BCUT2D eigenvalue weighted by atomic mass is 9.99. The molecule has 80 valence electrons. The third-order valence-corrected chi connectivity index (χ3v) is 1.73. The molecule has 0 heterocycles. The number of rotatable bonds is 5. The zero-order chi connectivity index (χ0) is 10.7. The summed E-state index contributed by atoms with van der Waals surface area (Å²) in [5, 5.41) is 0. The fraction of sp³-hybridized carbons (Fsp3) is 0.818. The molecule has 0 aliphatic rings. The molecule has 0 aromatic heterocycles. The average Bonchev–Trinajstić information content (AvgIpc) is 2.03. The minimum atomic E-state index is 0.667. The van der Waals surface area contributed by atoms with Crippen LogP contribution in [0.4, 0.5) is 0 Å². The number of nitrogens with two attached hydrogens (primary N) is 2. The van der Waals surface area contributed by atoms with Crippen molar-refractivity contribution in [1.82, 2.24) is 0 Å². The van der Waals surface area contributed by atoms with Gasteiger partial charge in [-0.15, -0.1) is 0 Å². The third kappa shape index (κ3) is 18.5. The van der Waals surface area contributed by atoms with Crippen LogP contribution in [0.5, 0.6) is 0 Å². The van der Waals surface area contributed by atoms with Gasteiger partial charge in [-0.05, 0) is 37.9 Å². The molecule has 0 radical (unpaired) electrons. The second-order valence-electron chi connectivity index (χ2n) is 3.53. The van der Waals surface area contributed by atoms with Gasteiger partial charge in [-0.2, -0.15) is 0 Å². The molecule has 0 saturated heterocycles. The Morgan fingerprint density at radius 2 is 1.54 bits per heavy atom. The summed E-state index contributed by atoms with van der Waals surface area (Å²) in [5.74, 6) is 0.792. The monoisotopic (exact) mass is 186 g/mol. The molecule has 0 aromatic rings. The van der Waals surface area contributed by atoms with Gasteiger partial charge in [0.2, 0.25) is 0 Å². The largest absolute Gasteiger partial charge is 0.403 e. The van der Waals surface area contributed by atoms with Crippen LogP contribution in [-0.4, -0.2) is 6.54 Å². The fourth-order valence-electron chi connectivity index (χ4n) is 1.20. The van der Waals surface area contributed by atoms with Crippen molar-refractivity contribution in [3.63, 3.8) is 0 Å². The average molecular weight is 186 g/mol. The van der Waals surface area contributed by atoms with Gasteiger partial charge in [0.15, 0.2) is 0 Å². The van der Waals surface area contributed by atoms with Crippen molar-refractivity contribution >= 4 is 0 Å². The van der Waals surface area contributed by atoms with Crippen LogP contribution in [0.1, 0.15) is 46.5 Å². The molecular formula is C11H26N2. The zero-order valence-corrected chi connectivity index (χ0v) is 9.47. The van der Waals surface area contributed by atoms with E-state index in [1.165, 1.54) is 25.7 Å². The highest BCUT2D eigenvalue weighted by Gasteiger charge is 2.01. The lowest BCUT2D eigenvalue weighted by Crippen LogP contribution is -2.13. The zero-order valence-electron chi connectivity index (χ0n) is 9.47. The summed E-state index contributed by atoms with van der Waals surface area (Å²) in [6.07, 6.45) is 5.18. The van der Waals surface area contributed by atoms with E-state index in [1.807, 2.05) is 0 Å². The highest BCUT2D eigenvalue weighted by atomic mass is 14.5. The Labute approximate surface area is 83.4 Å². The molecule has 2 nitrogen and oxygen atoms in total. The van der Waals surface area contributed by atoms with Gasteiger partial charge in [-0.1, -0.05) is 33.3 Å². The predicted molar refractivity (Wildman–Crippen MR) is 61.4 cm³/mol. The van der Waals surface area contributed by atoms with Crippen LogP contribution in [0.25, 0.3) is 0 Å². The maximum Gasteiger partial charge on any atom is -0.00242 e. The smallest absolute Gasteiger partial charge is 0.00242 e. The van der Waals surface area contributed by atoms with Gasteiger partial charge < -0.3 is 11.5 Å². The molecule has 2 heteroatoms. The van der Waals surface area contributed by atoms with Gasteiger partial charge in [0, 0.05) is 0 Å². The second kappa shape index (κ2) is 11.5. The standard InChI is InChI=1S/C8H19N.C3H7N/c1-3-5-8(7-9)6-4-2;1-3(2)4/h8H,3-7,9H2,1-2H3;1,4H2,2H3. The van der Waals surface area contributed by atoms with Crippen molar-refractivity contribution in [2.45, 2.75) is 46.5 Å². The van der Waals surface area contributed by atoms with Gasteiger partial charge in [-0.3, -0.25) is 0 Å². The minimum absolute atomic E-state index is 0.667. The summed E-state index contributed by atoms with van der Waals surface area (Å²) in [5.41, 5.74) is 11.1. The number of hydrogen-bond donors (Lipinski definition) is 2. The summed E-state index contributed by atoms with van der Waals surface area (Å²) in [6, 6.07) is 0. The first-order valence-corrected chi connectivity index (χ1v) is 5.19. The van der Waals surface area contributed by atoms with Crippen LogP contribution in [0.15, 0.2) is 12.3 Å². The molecular weight excluding hydrogens is 160 g/mol. The molecule has 0 amide bonds. The van der Waals surface area contributed by atoms with Crippen LogP contribution in [0.3, 0.4) is 0 Å². The molecule has 0 rings (SSSR count). The first-order chi connectivity index (χ1) is 6.08. The normalized spacial score (nSPS) is 9.31. The van der Waals surface area contributed by atoms with Gasteiger partial charge >= 0.3 is 0 Å². The van der Waals surface area contributed by atoms with Crippen LogP contribution in [0.2, 0.25) is 0 Å². The van der Waals surface area contributed by atoms with Crippen molar-refractivity contribution in [3.05, 3.63) is 12.3 Å². The highest BCUT2D eigenvalue weighted by molar-refractivity contribution is 4.76. The van der Waals surface area contributed by atoms with E-state index in [0.29, 0.717) is 5.70 Å². The van der Waals surface area contributed by atoms with Crippen molar-refractivity contribution in [1.29, 1.82) is 0 Å². The maximum absolute atomic E-state index is 5.54. The Hall–Kier alpha value is -0.500. The lowest BCUT2D eigenvalue weighted by molar-refractivity contribution is 0.450. The van der Waals surface area contributed by atoms with Crippen molar-refractivity contribution in [3.8, 4) is 0 Å². The Balaban J connectivity index is 0. The van der Waals surface area contributed by atoms with Crippen molar-refractivity contribution in [2.75, 3.05) is 6.54 Å². The molecule has 0 saturated carbocycles. The van der Waals surface area contributed by atoms with E-state index in [0.717, 1.165) is 12.5 Å². The molecule has 0 unspecified atom stereocenters. The van der Waals surface area contributed by atoms with E-state index in [-0.39, 0.29) is 0 Å². The minimum Gasteiger partial charge on any atom is -0.403 e. The van der Waals surface area contributed by atoms with Crippen LogP contribution < -0.4 is 11.5 Å². The Kier molecular flexibility index (Phi) is 13.3. The van der Waals surface area contributed by atoms with Crippen LogP contribution in [0, 0.1) is 5.92 Å². The third-order valence-electron chi connectivity index (χ3n) is 1.73. The number of hydrogen-bond acceptors (Lipinski definition) is 2. The highest BCUT2D eigenvalue weighted by Crippen LogP contribution is 2.10. The summed E-state index contributed by atoms with van der Waals surface area (Å²) in [7, 11) is 0. The molecule has 4 N–H and O–H groups in total. The van der Waals surface area contributed by atoms with E-state index in [2.05, 4.69) is 20.4 Å². The first kappa shape index (κ1) is 15.0.